The highest BCUT2D eigenvalue weighted by atomic mass is 16.2. The Morgan fingerprint density at radius 2 is 2.13 bits per heavy atom. The second-order valence-electron chi connectivity index (χ2n) is 5.91. The van der Waals surface area contributed by atoms with Gasteiger partial charge in [-0.3, -0.25) is 14.5 Å². The van der Waals surface area contributed by atoms with E-state index >= 15 is 0 Å². The topological polar surface area (TPSA) is 95.6 Å². The minimum atomic E-state index is -0.234. The first-order valence-corrected chi connectivity index (χ1v) is 7.77. The SMILES string of the molecule is O=C(Nc1cn[nH]c1)c1ccc2c(c1)[nH]c(=O)n2C1CCCC1. The van der Waals surface area contributed by atoms with E-state index in [9.17, 15) is 9.59 Å². The third-order valence-electron chi connectivity index (χ3n) is 4.42. The van der Waals surface area contributed by atoms with Crippen molar-refractivity contribution < 1.29 is 4.79 Å². The van der Waals surface area contributed by atoms with Crippen LogP contribution in [-0.4, -0.2) is 25.7 Å². The van der Waals surface area contributed by atoms with Crippen molar-refractivity contribution in [3.63, 3.8) is 0 Å². The number of fused-ring (bicyclic) bond motifs is 1. The minimum absolute atomic E-state index is 0.0979. The molecule has 1 amide bonds. The number of aromatic amines is 2. The van der Waals surface area contributed by atoms with Gasteiger partial charge in [0.25, 0.3) is 5.91 Å². The van der Waals surface area contributed by atoms with Gasteiger partial charge in [-0.2, -0.15) is 5.10 Å². The van der Waals surface area contributed by atoms with Gasteiger partial charge in [-0.15, -0.1) is 0 Å². The van der Waals surface area contributed by atoms with Crippen molar-refractivity contribution in [2.45, 2.75) is 31.7 Å². The minimum Gasteiger partial charge on any atom is -0.319 e. The number of amides is 1. The van der Waals surface area contributed by atoms with Gasteiger partial charge in [0.2, 0.25) is 0 Å². The zero-order valence-electron chi connectivity index (χ0n) is 12.5. The molecule has 1 saturated carbocycles. The molecule has 3 aromatic rings. The molecule has 2 heterocycles. The van der Waals surface area contributed by atoms with Crippen molar-refractivity contribution in [2.75, 3.05) is 5.32 Å². The summed E-state index contributed by atoms with van der Waals surface area (Å²) in [6.07, 6.45) is 7.54. The van der Waals surface area contributed by atoms with Crippen LogP contribution in [0.5, 0.6) is 0 Å². The lowest BCUT2D eigenvalue weighted by Gasteiger charge is -2.11. The van der Waals surface area contributed by atoms with Gasteiger partial charge in [0.05, 0.1) is 22.9 Å². The Morgan fingerprint density at radius 3 is 2.87 bits per heavy atom. The van der Waals surface area contributed by atoms with Crippen LogP contribution < -0.4 is 11.0 Å². The lowest BCUT2D eigenvalue weighted by atomic mass is 10.1. The maximum Gasteiger partial charge on any atom is 0.326 e. The number of nitrogens with zero attached hydrogens (tertiary/aromatic N) is 2. The van der Waals surface area contributed by atoms with E-state index in [1.165, 1.54) is 6.20 Å². The molecule has 0 radical (unpaired) electrons. The average molecular weight is 311 g/mol. The van der Waals surface area contributed by atoms with Crippen LogP contribution in [0.25, 0.3) is 11.0 Å². The molecule has 1 aliphatic rings. The van der Waals surface area contributed by atoms with Crippen LogP contribution in [-0.2, 0) is 0 Å². The Balaban J connectivity index is 1.68. The number of rotatable bonds is 3. The van der Waals surface area contributed by atoms with Crippen LogP contribution in [0.2, 0.25) is 0 Å². The lowest BCUT2D eigenvalue weighted by Crippen LogP contribution is -2.20. The molecule has 2 aromatic heterocycles. The van der Waals surface area contributed by atoms with Crippen molar-refractivity contribution >= 4 is 22.6 Å². The van der Waals surface area contributed by atoms with Gasteiger partial charge in [-0.25, -0.2) is 4.79 Å². The fraction of sp³-hybridized carbons (Fsp3) is 0.312. The summed E-state index contributed by atoms with van der Waals surface area (Å²) in [4.78, 5) is 27.4. The molecule has 23 heavy (non-hydrogen) atoms. The molecule has 0 unspecified atom stereocenters. The molecule has 0 spiro atoms. The highest BCUT2D eigenvalue weighted by Gasteiger charge is 2.21. The van der Waals surface area contributed by atoms with E-state index in [1.54, 1.807) is 18.3 Å². The first-order chi connectivity index (χ1) is 11.2. The molecule has 0 aliphatic heterocycles. The number of carbonyl (C=O) groups excluding carboxylic acids is 1. The third kappa shape index (κ3) is 2.44. The van der Waals surface area contributed by atoms with E-state index in [0.29, 0.717) is 16.8 Å². The number of carbonyl (C=O) groups is 1. The van der Waals surface area contributed by atoms with Gasteiger partial charge in [0.15, 0.2) is 0 Å². The molecular formula is C16H17N5O2. The van der Waals surface area contributed by atoms with Crippen molar-refractivity contribution in [1.29, 1.82) is 0 Å². The molecule has 7 heteroatoms. The number of hydrogen-bond donors (Lipinski definition) is 3. The molecule has 118 valence electrons. The monoisotopic (exact) mass is 311 g/mol. The highest BCUT2D eigenvalue weighted by molar-refractivity contribution is 6.05. The Labute approximate surface area is 131 Å². The highest BCUT2D eigenvalue weighted by Crippen LogP contribution is 2.30. The van der Waals surface area contributed by atoms with Crippen LogP contribution in [0.3, 0.4) is 0 Å². The number of hydrogen-bond acceptors (Lipinski definition) is 3. The van der Waals surface area contributed by atoms with Gasteiger partial charge in [0, 0.05) is 17.8 Å². The predicted molar refractivity (Wildman–Crippen MR) is 86.6 cm³/mol. The second-order valence-corrected chi connectivity index (χ2v) is 5.91. The Bertz CT molecular complexity index is 900. The number of aromatic nitrogens is 4. The number of benzene rings is 1. The summed E-state index contributed by atoms with van der Waals surface area (Å²) < 4.78 is 1.83. The summed E-state index contributed by atoms with van der Waals surface area (Å²) in [6, 6.07) is 5.58. The van der Waals surface area contributed by atoms with E-state index in [4.69, 9.17) is 0 Å². The summed E-state index contributed by atoms with van der Waals surface area (Å²) in [5.41, 5.74) is 2.56. The summed E-state index contributed by atoms with van der Waals surface area (Å²) in [7, 11) is 0. The summed E-state index contributed by atoms with van der Waals surface area (Å²) in [5, 5.41) is 9.18. The molecule has 4 rings (SSSR count). The Morgan fingerprint density at radius 1 is 1.30 bits per heavy atom. The normalized spacial score (nSPS) is 15.3. The van der Waals surface area contributed by atoms with Crippen LogP contribution in [0, 0.1) is 0 Å². The quantitative estimate of drug-likeness (QED) is 0.693. The Kier molecular flexibility index (Phi) is 3.25. The third-order valence-corrected chi connectivity index (χ3v) is 4.42. The summed E-state index contributed by atoms with van der Waals surface area (Å²) >= 11 is 0. The second kappa shape index (κ2) is 5.42. The first kappa shape index (κ1) is 13.8. The number of nitrogens with one attached hydrogen (secondary N) is 3. The maximum absolute atomic E-state index is 12.3. The maximum atomic E-state index is 12.3. The first-order valence-electron chi connectivity index (χ1n) is 7.77. The van der Waals surface area contributed by atoms with Crippen molar-refractivity contribution in [2.24, 2.45) is 0 Å². The summed E-state index contributed by atoms with van der Waals surface area (Å²) in [6.45, 7) is 0. The van der Waals surface area contributed by atoms with Gasteiger partial charge < -0.3 is 10.3 Å². The standard InChI is InChI=1S/C16H17N5O2/c22-15(19-11-8-17-18-9-11)10-5-6-14-13(7-10)20-16(23)21(14)12-3-1-2-4-12/h5-9,12H,1-4H2,(H,17,18)(H,19,22)(H,20,23). The molecule has 7 nitrogen and oxygen atoms in total. The van der Waals surface area contributed by atoms with Crippen molar-refractivity contribution in [3.8, 4) is 0 Å². The van der Waals surface area contributed by atoms with Crippen LogP contribution >= 0.6 is 0 Å². The fourth-order valence-corrected chi connectivity index (χ4v) is 3.32. The van der Waals surface area contributed by atoms with Gasteiger partial charge >= 0.3 is 5.69 Å². The van der Waals surface area contributed by atoms with Crippen molar-refractivity contribution in [1.82, 2.24) is 19.7 Å². The lowest BCUT2D eigenvalue weighted by molar-refractivity contribution is 0.102. The van der Waals surface area contributed by atoms with Gasteiger partial charge in [0.1, 0.15) is 0 Å². The molecule has 0 bridgehead atoms. The van der Waals surface area contributed by atoms with E-state index in [2.05, 4.69) is 20.5 Å². The van der Waals surface area contributed by atoms with Crippen LogP contribution in [0.15, 0.2) is 35.4 Å². The van der Waals surface area contributed by atoms with Crippen LogP contribution in [0.1, 0.15) is 42.1 Å². The largest absolute Gasteiger partial charge is 0.326 e. The van der Waals surface area contributed by atoms with E-state index in [1.807, 2.05) is 10.6 Å². The molecule has 0 saturated heterocycles. The zero-order valence-corrected chi connectivity index (χ0v) is 12.5. The fourth-order valence-electron chi connectivity index (χ4n) is 3.32. The smallest absolute Gasteiger partial charge is 0.319 e. The van der Waals surface area contributed by atoms with Gasteiger partial charge in [-0.05, 0) is 31.0 Å². The van der Waals surface area contributed by atoms with E-state index < -0.39 is 0 Å². The molecule has 1 aliphatic carbocycles. The van der Waals surface area contributed by atoms with Crippen LogP contribution in [0.4, 0.5) is 5.69 Å². The van der Waals surface area contributed by atoms with E-state index in [-0.39, 0.29) is 17.6 Å². The number of anilines is 1. The Hall–Kier alpha value is -2.83. The molecule has 1 aromatic carbocycles. The molecule has 1 fully saturated rings. The average Bonchev–Trinajstić information content (AvgIpc) is 3.25. The van der Waals surface area contributed by atoms with Gasteiger partial charge in [-0.1, -0.05) is 12.8 Å². The molecule has 0 atom stereocenters. The zero-order chi connectivity index (χ0) is 15.8. The number of H-pyrrole nitrogens is 2. The number of imidazole rings is 1. The predicted octanol–water partition coefficient (Wildman–Crippen LogP) is 2.42. The summed E-state index contributed by atoms with van der Waals surface area (Å²) in [5.74, 6) is -0.234. The molecule has 3 N–H and O–H groups in total. The van der Waals surface area contributed by atoms with Crippen molar-refractivity contribution in [3.05, 3.63) is 46.6 Å². The molecular weight excluding hydrogens is 294 g/mol. The van der Waals surface area contributed by atoms with E-state index in [0.717, 1.165) is 31.2 Å².